The standard InChI is InChI=1S/C9H14F3N5O/c1-8(13,9(10,11)12)7(18)14-4-3-6-16-15-5-17(6)2/h5H,3-4,13H2,1-2H3,(H,14,18). The summed E-state index contributed by atoms with van der Waals surface area (Å²) in [6, 6.07) is 0. The van der Waals surface area contributed by atoms with Gasteiger partial charge >= 0.3 is 6.18 Å². The van der Waals surface area contributed by atoms with E-state index in [2.05, 4.69) is 15.5 Å². The van der Waals surface area contributed by atoms with E-state index in [1.54, 1.807) is 11.6 Å². The lowest BCUT2D eigenvalue weighted by molar-refractivity contribution is -0.187. The third-order valence-electron chi connectivity index (χ3n) is 2.50. The van der Waals surface area contributed by atoms with E-state index in [4.69, 9.17) is 5.73 Å². The van der Waals surface area contributed by atoms with Gasteiger partial charge in [0.1, 0.15) is 12.2 Å². The van der Waals surface area contributed by atoms with E-state index in [1.807, 2.05) is 0 Å². The van der Waals surface area contributed by atoms with Crippen LogP contribution in [0.5, 0.6) is 0 Å². The Morgan fingerprint density at radius 3 is 2.61 bits per heavy atom. The van der Waals surface area contributed by atoms with Gasteiger partial charge in [-0.1, -0.05) is 0 Å². The van der Waals surface area contributed by atoms with E-state index >= 15 is 0 Å². The maximum atomic E-state index is 12.4. The minimum atomic E-state index is -4.79. The van der Waals surface area contributed by atoms with Crippen molar-refractivity contribution in [3.63, 3.8) is 0 Å². The number of nitrogens with one attached hydrogen (secondary N) is 1. The number of aromatic nitrogens is 3. The summed E-state index contributed by atoms with van der Waals surface area (Å²) in [5.74, 6) is -0.710. The maximum absolute atomic E-state index is 12.4. The number of nitrogens with two attached hydrogens (primary N) is 1. The molecule has 1 amide bonds. The van der Waals surface area contributed by atoms with Crippen molar-refractivity contribution in [1.29, 1.82) is 0 Å². The van der Waals surface area contributed by atoms with E-state index in [1.165, 1.54) is 6.33 Å². The highest BCUT2D eigenvalue weighted by Crippen LogP contribution is 2.27. The Bertz CT molecular complexity index is 426. The monoisotopic (exact) mass is 265 g/mol. The van der Waals surface area contributed by atoms with Crippen molar-refractivity contribution in [3.05, 3.63) is 12.2 Å². The highest BCUT2D eigenvalue weighted by molar-refractivity contribution is 5.86. The Labute approximate surface area is 101 Å². The van der Waals surface area contributed by atoms with Gasteiger partial charge in [0.05, 0.1) is 0 Å². The van der Waals surface area contributed by atoms with Gasteiger partial charge in [-0.3, -0.25) is 4.79 Å². The molecule has 102 valence electrons. The lowest BCUT2D eigenvalue weighted by Crippen LogP contribution is -2.61. The molecule has 0 radical (unpaired) electrons. The number of aryl methyl sites for hydroxylation is 1. The molecule has 6 nitrogen and oxygen atoms in total. The predicted octanol–water partition coefficient (Wildman–Crippen LogP) is -0.247. The fraction of sp³-hybridized carbons (Fsp3) is 0.667. The summed E-state index contributed by atoms with van der Waals surface area (Å²) in [5, 5.41) is 9.46. The predicted molar refractivity (Wildman–Crippen MR) is 56.4 cm³/mol. The Balaban J connectivity index is 2.50. The first-order valence-electron chi connectivity index (χ1n) is 5.13. The average Bonchev–Trinajstić information content (AvgIpc) is 2.62. The molecule has 0 aliphatic heterocycles. The molecule has 1 heterocycles. The van der Waals surface area contributed by atoms with Crippen LogP contribution in [-0.4, -0.2) is 38.9 Å². The zero-order valence-corrected chi connectivity index (χ0v) is 9.95. The first-order valence-corrected chi connectivity index (χ1v) is 5.13. The number of alkyl halides is 3. The largest absolute Gasteiger partial charge is 0.415 e. The smallest absolute Gasteiger partial charge is 0.354 e. The molecule has 0 saturated carbocycles. The number of rotatable bonds is 4. The number of nitrogens with zero attached hydrogens (tertiary/aromatic N) is 3. The van der Waals surface area contributed by atoms with Crippen LogP contribution in [0.3, 0.4) is 0 Å². The third-order valence-corrected chi connectivity index (χ3v) is 2.50. The number of hydrogen-bond donors (Lipinski definition) is 2. The summed E-state index contributed by atoms with van der Waals surface area (Å²) in [5.41, 5.74) is 2.06. The van der Waals surface area contributed by atoms with E-state index in [0.717, 1.165) is 0 Å². The fourth-order valence-corrected chi connectivity index (χ4v) is 1.13. The van der Waals surface area contributed by atoms with Gasteiger partial charge in [-0.25, -0.2) is 0 Å². The molecule has 0 spiro atoms. The molecule has 0 fully saturated rings. The molecule has 18 heavy (non-hydrogen) atoms. The number of hydrogen-bond acceptors (Lipinski definition) is 4. The molecule has 0 aromatic carbocycles. The van der Waals surface area contributed by atoms with Gasteiger partial charge in [-0.15, -0.1) is 10.2 Å². The second kappa shape index (κ2) is 4.92. The zero-order valence-electron chi connectivity index (χ0n) is 9.95. The highest BCUT2D eigenvalue weighted by atomic mass is 19.4. The Hall–Kier alpha value is -1.64. The topological polar surface area (TPSA) is 85.8 Å². The maximum Gasteiger partial charge on any atom is 0.415 e. The minimum absolute atomic E-state index is 0.00817. The van der Waals surface area contributed by atoms with Crippen LogP contribution in [0.4, 0.5) is 13.2 Å². The van der Waals surface area contributed by atoms with Crippen LogP contribution < -0.4 is 11.1 Å². The van der Waals surface area contributed by atoms with E-state index in [-0.39, 0.29) is 13.0 Å². The molecule has 0 aliphatic rings. The second-order valence-electron chi connectivity index (χ2n) is 4.06. The van der Waals surface area contributed by atoms with Gasteiger partial charge in [0.15, 0.2) is 5.54 Å². The Morgan fingerprint density at radius 1 is 1.56 bits per heavy atom. The Kier molecular flexibility index (Phi) is 3.95. The van der Waals surface area contributed by atoms with E-state index in [0.29, 0.717) is 12.7 Å². The lowest BCUT2D eigenvalue weighted by Gasteiger charge is -2.26. The van der Waals surface area contributed by atoms with Crippen molar-refractivity contribution in [1.82, 2.24) is 20.1 Å². The van der Waals surface area contributed by atoms with Crippen LogP contribution in [0, 0.1) is 0 Å². The van der Waals surface area contributed by atoms with Crippen LogP contribution in [-0.2, 0) is 18.3 Å². The van der Waals surface area contributed by atoms with Crippen molar-refractivity contribution >= 4 is 5.91 Å². The summed E-state index contributed by atoms with van der Waals surface area (Å²) in [6.45, 7) is 0.638. The molecule has 1 aromatic rings. The van der Waals surface area contributed by atoms with Gasteiger partial charge in [-0.05, 0) is 6.92 Å². The molecular formula is C9H14F3N5O. The van der Waals surface area contributed by atoms with E-state index < -0.39 is 17.6 Å². The van der Waals surface area contributed by atoms with Crippen LogP contribution in [0.15, 0.2) is 6.33 Å². The number of amides is 1. The summed E-state index contributed by atoms with van der Waals surface area (Å²) >= 11 is 0. The molecule has 1 aromatic heterocycles. The van der Waals surface area contributed by atoms with Crippen molar-refractivity contribution in [2.24, 2.45) is 12.8 Å². The summed E-state index contributed by atoms with van der Waals surface area (Å²) in [6.07, 6.45) is -3.06. The SMILES string of the molecule is Cn1cnnc1CCNC(=O)C(C)(N)C(F)(F)F. The summed E-state index contributed by atoms with van der Waals surface area (Å²) in [4.78, 5) is 11.3. The number of carbonyl (C=O) groups excluding carboxylic acids is 1. The number of halogens is 3. The molecule has 0 aliphatic carbocycles. The van der Waals surface area contributed by atoms with Crippen molar-refractivity contribution in [3.8, 4) is 0 Å². The molecule has 0 saturated heterocycles. The minimum Gasteiger partial charge on any atom is -0.354 e. The van der Waals surface area contributed by atoms with Gasteiger partial charge in [-0.2, -0.15) is 13.2 Å². The molecular weight excluding hydrogens is 251 g/mol. The highest BCUT2D eigenvalue weighted by Gasteiger charge is 2.53. The normalized spacial score (nSPS) is 15.2. The van der Waals surface area contributed by atoms with Gasteiger partial charge < -0.3 is 15.6 Å². The molecule has 1 atom stereocenters. The van der Waals surface area contributed by atoms with Crippen molar-refractivity contribution in [2.45, 2.75) is 25.1 Å². The first kappa shape index (κ1) is 14.4. The van der Waals surface area contributed by atoms with Gasteiger partial charge in [0, 0.05) is 20.0 Å². The van der Waals surface area contributed by atoms with Crippen molar-refractivity contribution in [2.75, 3.05) is 6.54 Å². The molecule has 1 unspecified atom stereocenters. The first-order chi connectivity index (χ1) is 8.16. The summed E-state index contributed by atoms with van der Waals surface area (Å²) in [7, 11) is 1.69. The molecule has 9 heteroatoms. The molecule has 3 N–H and O–H groups in total. The zero-order chi connectivity index (χ0) is 14.0. The van der Waals surface area contributed by atoms with Crippen LogP contribution >= 0.6 is 0 Å². The van der Waals surface area contributed by atoms with Crippen LogP contribution in [0.25, 0.3) is 0 Å². The second-order valence-corrected chi connectivity index (χ2v) is 4.06. The fourth-order valence-electron chi connectivity index (χ4n) is 1.13. The quantitative estimate of drug-likeness (QED) is 0.786. The summed E-state index contributed by atoms with van der Waals surface area (Å²) < 4.78 is 38.9. The van der Waals surface area contributed by atoms with Crippen LogP contribution in [0.1, 0.15) is 12.7 Å². The average molecular weight is 265 g/mol. The van der Waals surface area contributed by atoms with Gasteiger partial charge in [0.25, 0.3) is 0 Å². The molecule has 0 bridgehead atoms. The molecule has 1 rings (SSSR count). The lowest BCUT2D eigenvalue weighted by atomic mass is 10.0. The van der Waals surface area contributed by atoms with Crippen molar-refractivity contribution < 1.29 is 18.0 Å². The van der Waals surface area contributed by atoms with E-state index in [9.17, 15) is 18.0 Å². The third kappa shape index (κ3) is 2.97. The number of carbonyl (C=O) groups is 1. The van der Waals surface area contributed by atoms with Gasteiger partial charge in [0.2, 0.25) is 5.91 Å². The Morgan fingerprint density at radius 2 is 2.17 bits per heavy atom. The van der Waals surface area contributed by atoms with Crippen LogP contribution in [0.2, 0.25) is 0 Å².